The van der Waals surface area contributed by atoms with Gasteiger partial charge in [-0.3, -0.25) is 0 Å². The summed E-state index contributed by atoms with van der Waals surface area (Å²) in [5.41, 5.74) is 7.68. The maximum Gasteiger partial charge on any atom is 0.129 e. The molecule has 0 aliphatic carbocycles. The summed E-state index contributed by atoms with van der Waals surface area (Å²) in [6.07, 6.45) is 14.5. The summed E-state index contributed by atoms with van der Waals surface area (Å²) < 4.78 is 6.00. The molecule has 0 fully saturated rings. The van der Waals surface area contributed by atoms with Gasteiger partial charge < -0.3 is 15.5 Å². The number of aromatic nitrogens is 1. The van der Waals surface area contributed by atoms with Gasteiger partial charge in [0.2, 0.25) is 0 Å². The van der Waals surface area contributed by atoms with E-state index in [0.717, 1.165) is 35.2 Å². The third-order valence-electron chi connectivity index (χ3n) is 3.98. The monoisotopic (exact) mass is 300 g/mol. The minimum absolute atomic E-state index is 0.782. The zero-order valence-corrected chi connectivity index (χ0v) is 13.6. The van der Waals surface area contributed by atoms with Crippen molar-refractivity contribution in [1.29, 1.82) is 0 Å². The highest BCUT2D eigenvalue weighted by Gasteiger charge is 2.07. The van der Waals surface area contributed by atoms with Crippen LogP contribution in [0, 0.1) is 0 Å². The SMILES string of the molecule is CCCCCCCCCOc1cccc2[nH]cc(/C=C/N)c12. The van der Waals surface area contributed by atoms with Crippen LogP contribution in [0.15, 0.2) is 30.6 Å². The third-order valence-corrected chi connectivity index (χ3v) is 3.98. The first-order chi connectivity index (χ1) is 10.9. The Labute approximate surface area is 133 Å². The van der Waals surface area contributed by atoms with Crippen LogP contribution >= 0.6 is 0 Å². The van der Waals surface area contributed by atoms with E-state index in [1.54, 1.807) is 6.20 Å². The summed E-state index contributed by atoms with van der Waals surface area (Å²) in [5, 5.41) is 1.12. The number of hydrogen-bond donors (Lipinski definition) is 2. The molecule has 0 aliphatic rings. The summed E-state index contributed by atoms with van der Waals surface area (Å²) in [6.45, 7) is 3.04. The molecule has 3 N–H and O–H groups in total. The molecule has 1 aromatic heterocycles. The number of unbranched alkanes of at least 4 members (excludes halogenated alkanes) is 6. The lowest BCUT2D eigenvalue weighted by Gasteiger charge is -2.08. The number of ether oxygens (including phenoxy) is 1. The Hall–Kier alpha value is -1.90. The van der Waals surface area contributed by atoms with Crippen LogP contribution in [-0.2, 0) is 0 Å². The van der Waals surface area contributed by atoms with Crippen LogP contribution in [0.2, 0.25) is 0 Å². The summed E-state index contributed by atoms with van der Waals surface area (Å²) in [4.78, 5) is 3.26. The van der Waals surface area contributed by atoms with Crippen LogP contribution in [0.3, 0.4) is 0 Å². The first-order valence-electron chi connectivity index (χ1n) is 8.48. The zero-order chi connectivity index (χ0) is 15.6. The van der Waals surface area contributed by atoms with Gasteiger partial charge in [-0.05, 0) is 30.8 Å². The summed E-state index contributed by atoms with van der Waals surface area (Å²) in [7, 11) is 0. The van der Waals surface area contributed by atoms with E-state index >= 15 is 0 Å². The predicted molar refractivity (Wildman–Crippen MR) is 95.0 cm³/mol. The maximum absolute atomic E-state index is 6.00. The van der Waals surface area contributed by atoms with Crippen molar-refractivity contribution in [2.45, 2.75) is 51.9 Å². The number of nitrogens with two attached hydrogens (primary N) is 1. The minimum atomic E-state index is 0.782. The first kappa shape index (κ1) is 16.5. The van der Waals surface area contributed by atoms with Crippen LogP contribution in [-0.4, -0.2) is 11.6 Å². The molecule has 1 aromatic carbocycles. The molecule has 120 valence electrons. The highest BCUT2D eigenvalue weighted by atomic mass is 16.5. The highest BCUT2D eigenvalue weighted by molar-refractivity contribution is 5.93. The number of hydrogen-bond acceptors (Lipinski definition) is 2. The molecular formula is C19H28N2O. The topological polar surface area (TPSA) is 51.0 Å². The van der Waals surface area contributed by atoms with Gasteiger partial charge in [-0.2, -0.15) is 0 Å². The van der Waals surface area contributed by atoms with Gasteiger partial charge >= 0.3 is 0 Å². The largest absolute Gasteiger partial charge is 0.493 e. The van der Waals surface area contributed by atoms with E-state index in [9.17, 15) is 0 Å². The summed E-state index contributed by atoms with van der Waals surface area (Å²) in [6, 6.07) is 6.11. The molecular weight excluding hydrogens is 272 g/mol. The Morgan fingerprint density at radius 1 is 1.09 bits per heavy atom. The number of nitrogens with one attached hydrogen (secondary N) is 1. The second-order valence-electron chi connectivity index (χ2n) is 5.75. The van der Waals surface area contributed by atoms with Crippen molar-refractivity contribution in [2.75, 3.05) is 6.61 Å². The molecule has 0 saturated carbocycles. The van der Waals surface area contributed by atoms with Crippen molar-refractivity contribution < 1.29 is 4.74 Å². The van der Waals surface area contributed by atoms with Crippen LogP contribution in [0.4, 0.5) is 0 Å². The fourth-order valence-electron chi connectivity index (χ4n) is 2.77. The molecule has 22 heavy (non-hydrogen) atoms. The number of rotatable bonds is 10. The lowest BCUT2D eigenvalue weighted by atomic mass is 10.1. The molecule has 0 unspecified atom stereocenters. The number of aromatic amines is 1. The maximum atomic E-state index is 6.00. The Morgan fingerprint density at radius 3 is 2.64 bits per heavy atom. The van der Waals surface area contributed by atoms with E-state index in [-0.39, 0.29) is 0 Å². The van der Waals surface area contributed by atoms with E-state index in [4.69, 9.17) is 10.5 Å². The minimum Gasteiger partial charge on any atom is -0.493 e. The number of fused-ring (bicyclic) bond motifs is 1. The lowest BCUT2D eigenvalue weighted by Crippen LogP contribution is -1.98. The molecule has 2 rings (SSSR count). The van der Waals surface area contributed by atoms with Crippen molar-refractivity contribution in [3.05, 3.63) is 36.2 Å². The molecule has 2 aromatic rings. The van der Waals surface area contributed by atoms with Crippen molar-refractivity contribution >= 4 is 17.0 Å². The average molecular weight is 300 g/mol. The molecule has 3 heteroatoms. The molecule has 0 spiro atoms. The van der Waals surface area contributed by atoms with Gasteiger partial charge in [0, 0.05) is 22.7 Å². The Morgan fingerprint density at radius 2 is 1.86 bits per heavy atom. The Bertz CT molecular complexity index is 586. The number of H-pyrrole nitrogens is 1. The normalized spacial score (nSPS) is 11.5. The molecule has 0 radical (unpaired) electrons. The van der Waals surface area contributed by atoms with Crippen molar-refractivity contribution in [1.82, 2.24) is 4.98 Å². The van der Waals surface area contributed by atoms with Gasteiger partial charge in [0.15, 0.2) is 0 Å². The summed E-state index contributed by atoms with van der Waals surface area (Å²) in [5.74, 6) is 0.942. The Balaban J connectivity index is 1.83. The van der Waals surface area contributed by atoms with Gasteiger partial charge in [0.1, 0.15) is 5.75 Å². The molecule has 0 atom stereocenters. The lowest BCUT2D eigenvalue weighted by molar-refractivity contribution is 0.307. The van der Waals surface area contributed by atoms with Gasteiger partial charge in [-0.1, -0.05) is 51.5 Å². The first-order valence-corrected chi connectivity index (χ1v) is 8.48. The summed E-state index contributed by atoms with van der Waals surface area (Å²) >= 11 is 0. The zero-order valence-electron chi connectivity index (χ0n) is 13.6. The quantitative estimate of drug-likeness (QED) is 0.590. The van der Waals surface area contributed by atoms with E-state index < -0.39 is 0 Å². The molecule has 0 saturated heterocycles. The third kappa shape index (κ3) is 4.55. The van der Waals surface area contributed by atoms with E-state index in [1.807, 2.05) is 24.4 Å². The molecule has 1 heterocycles. The molecule has 0 amide bonds. The van der Waals surface area contributed by atoms with Crippen LogP contribution in [0.5, 0.6) is 5.75 Å². The second-order valence-corrected chi connectivity index (χ2v) is 5.75. The van der Waals surface area contributed by atoms with E-state index in [0.29, 0.717) is 0 Å². The average Bonchev–Trinajstić information content (AvgIpc) is 2.94. The van der Waals surface area contributed by atoms with Gasteiger partial charge in [-0.25, -0.2) is 0 Å². The van der Waals surface area contributed by atoms with Crippen molar-refractivity contribution in [2.24, 2.45) is 5.73 Å². The fraction of sp³-hybridized carbons (Fsp3) is 0.474. The van der Waals surface area contributed by atoms with E-state index in [2.05, 4.69) is 18.0 Å². The second kappa shape index (κ2) is 9.19. The smallest absolute Gasteiger partial charge is 0.129 e. The van der Waals surface area contributed by atoms with Crippen LogP contribution in [0.1, 0.15) is 57.4 Å². The molecule has 0 bridgehead atoms. The standard InChI is InChI=1S/C19H28N2O/c1-2-3-4-5-6-7-8-14-22-18-11-9-10-17-19(18)16(12-13-20)15-21-17/h9-13,15,21H,2-8,14,20H2,1H3/b13-12+. The molecule has 0 aliphatic heterocycles. The van der Waals surface area contributed by atoms with Crippen LogP contribution < -0.4 is 10.5 Å². The number of benzene rings is 1. The van der Waals surface area contributed by atoms with Crippen LogP contribution in [0.25, 0.3) is 17.0 Å². The fourth-order valence-corrected chi connectivity index (χ4v) is 2.77. The van der Waals surface area contributed by atoms with Gasteiger partial charge in [0.05, 0.1) is 6.61 Å². The predicted octanol–water partition coefficient (Wildman–Crippen LogP) is 5.23. The van der Waals surface area contributed by atoms with Crippen molar-refractivity contribution in [3.63, 3.8) is 0 Å². The molecule has 3 nitrogen and oxygen atoms in total. The van der Waals surface area contributed by atoms with Gasteiger partial charge in [-0.15, -0.1) is 0 Å². The van der Waals surface area contributed by atoms with Gasteiger partial charge in [0.25, 0.3) is 0 Å². The highest BCUT2D eigenvalue weighted by Crippen LogP contribution is 2.29. The van der Waals surface area contributed by atoms with Crippen molar-refractivity contribution in [3.8, 4) is 5.75 Å². The van der Waals surface area contributed by atoms with E-state index in [1.165, 1.54) is 38.5 Å². The Kier molecular flexibility index (Phi) is 6.88.